The van der Waals surface area contributed by atoms with E-state index in [1.165, 1.54) is 11.8 Å². The van der Waals surface area contributed by atoms with Crippen LogP contribution in [0.4, 0.5) is 5.69 Å². The molecule has 18 heavy (non-hydrogen) atoms. The Morgan fingerprint density at radius 2 is 2.06 bits per heavy atom. The van der Waals surface area contributed by atoms with E-state index >= 15 is 0 Å². The van der Waals surface area contributed by atoms with Gasteiger partial charge in [0.05, 0.1) is 24.3 Å². The fraction of sp³-hybridized carbons (Fsp3) is 0.200. The number of anilines is 1. The lowest BCUT2D eigenvalue weighted by Crippen LogP contribution is -2.22. The van der Waals surface area contributed by atoms with Crippen LogP contribution in [0.3, 0.4) is 0 Å². The maximum absolute atomic E-state index is 11.3. The Hall–Kier alpha value is -1.47. The largest absolute Gasteiger partial charge is 0.312 e. The minimum atomic E-state index is -0.0809. The summed E-state index contributed by atoms with van der Waals surface area (Å²) < 4.78 is 2.13. The zero-order valence-electron chi connectivity index (χ0n) is 9.63. The Kier molecular flexibility index (Phi) is 3.63. The van der Waals surface area contributed by atoms with E-state index in [0.29, 0.717) is 16.0 Å². The van der Waals surface area contributed by atoms with Gasteiger partial charge >= 0.3 is 0 Å². The van der Waals surface area contributed by atoms with E-state index in [0.717, 1.165) is 0 Å². The molecule has 0 aliphatic rings. The minimum absolute atomic E-state index is 0.0809. The maximum atomic E-state index is 11.3. The summed E-state index contributed by atoms with van der Waals surface area (Å²) in [6, 6.07) is 0. The van der Waals surface area contributed by atoms with Gasteiger partial charge in [-0.15, -0.1) is 0 Å². The van der Waals surface area contributed by atoms with Gasteiger partial charge in [0.25, 0.3) is 0 Å². The van der Waals surface area contributed by atoms with Crippen molar-refractivity contribution in [2.24, 2.45) is 0 Å². The highest BCUT2D eigenvalue weighted by Gasteiger charge is 2.14. The molecule has 1 amide bonds. The van der Waals surface area contributed by atoms with E-state index in [-0.39, 0.29) is 11.2 Å². The molecular formula is C10H9BrClN5O. The third-order valence-corrected chi connectivity index (χ3v) is 3.12. The summed E-state index contributed by atoms with van der Waals surface area (Å²) in [6.07, 6.45) is 4.80. The number of carbonyl (C=O) groups is 1. The van der Waals surface area contributed by atoms with Crippen LogP contribution in [0.1, 0.15) is 6.92 Å². The lowest BCUT2D eigenvalue weighted by molar-refractivity contribution is -0.116. The third kappa shape index (κ3) is 2.51. The number of hydrogen-bond donors (Lipinski definition) is 0. The first-order valence-corrected chi connectivity index (χ1v) is 6.13. The number of hydrogen-bond acceptors (Lipinski definition) is 4. The van der Waals surface area contributed by atoms with Crippen molar-refractivity contribution in [3.63, 3.8) is 0 Å². The summed E-state index contributed by atoms with van der Waals surface area (Å²) in [5.74, 6) is -0.0809. The zero-order valence-corrected chi connectivity index (χ0v) is 12.0. The molecule has 0 fully saturated rings. The van der Waals surface area contributed by atoms with Crippen molar-refractivity contribution >= 4 is 39.1 Å². The van der Waals surface area contributed by atoms with Gasteiger partial charge in [0.2, 0.25) is 11.2 Å². The van der Waals surface area contributed by atoms with Gasteiger partial charge in [0.15, 0.2) is 4.60 Å². The van der Waals surface area contributed by atoms with Crippen molar-refractivity contribution in [1.29, 1.82) is 0 Å². The Morgan fingerprint density at radius 1 is 1.44 bits per heavy atom. The summed E-state index contributed by atoms with van der Waals surface area (Å²) in [5.41, 5.74) is 1.32. The SMILES string of the molecule is CC(=O)N(C)c1cn(-c2cnc(Cl)nc2)nc1Br. The molecule has 6 nitrogen and oxygen atoms in total. The van der Waals surface area contributed by atoms with Crippen LogP contribution in [0.15, 0.2) is 23.2 Å². The predicted molar refractivity (Wildman–Crippen MR) is 70.9 cm³/mol. The molecule has 0 saturated heterocycles. The maximum Gasteiger partial charge on any atom is 0.223 e. The molecule has 2 aromatic heterocycles. The number of aromatic nitrogens is 4. The van der Waals surface area contributed by atoms with Crippen LogP contribution in [-0.4, -0.2) is 32.7 Å². The lowest BCUT2D eigenvalue weighted by atomic mass is 10.4. The second-order valence-corrected chi connectivity index (χ2v) is 4.63. The molecule has 0 N–H and O–H groups in total. The Labute approximate surface area is 117 Å². The second kappa shape index (κ2) is 5.03. The fourth-order valence-corrected chi connectivity index (χ4v) is 1.93. The van der Waals surface area contributed by atoms with Gasteiger partial charge in [-0.1, -0.05) is 0 Å². The van der Waals surface area contributed by atoms with Crippen molar-refractivity contribution < 1.29 is 4.79 Å². The quantitative estimate of drug-likeness (QED) is 0.791. The van der Waals surface area contributed by atoms with Gasteiger partial charge < -0.3 is 4.90 Å². The van der Waals surface area contributed by atoms with Crippen molar-refractivity contribution in [2.75, 3.05) is 11.9 Å². The summed E-state index contributed by atoms with van der Waals surface area (Å²) in [5, 5.41) is 4.40. The number of amides is 1. The van der Waals surface area contributed by atoms with Crippen molar-refractivity contribution in [1.82, 2.24) is 19.7 Å². The number of rotatable bonds is 2. The minimum Gasteiger partial charge on any atom is -0.312 e. The molecule has 2 heterocycles. The molecular weight excluding hydrogens is 322 g/mol. The highest BCUT2D eigenvalue weighted by atomic mass is 79.9. The number of halogens is 2. The molecule has 2 aromatic rings. The highest BCUT2D eigenvalue weighted by molar-refractivity contribution is 9.10. The zero-order chi connectivity index (χ0) is 13.3. The average molecular weight is 331 g/mol. The topological polar surface area (TPSA) is 63.9 Å². The molecule has 0 spiro atoms. The molecule has 0 bridgehead atoms. The van der Waals surface area contributed by atoms with Crippen LogP contribution < -0.4 is 4.90 Å². The summed E-state index contributed by atoms with van der Waals surface area (Å²) in [6.45, 7) is 1.48. The van der Waals surface area contributed by atoms with Crippen LogP contribution >= 0.6 is 27.5 Å². The van der Waals surface area contributed by atoms with Gasteiger partial charge in [-0.25, -0.2) is 14.6 Å². The normalized spacial score (nSPS) is 10.4. The van der Waals surface area contributed by atoms with Gasteiger partial charge in [-0.3, -0.25) is 4.79 Å². The second-order valence-electron chi connectivity index (χ2n) is 3.54. The molecule has 2 rings (SSSR count). The van der Waals surface area contributed by atoms with E-state index in [1.807, 2.05) is 0 Å². The molecule has 0 saturated carbocycles. The van der Waals surface area contributed by atoms with Crippen LogP contribution in [0.25, 0.3) is 5.69 Å². The molecule has 8 heteroatoms. The van der Waals surface area contributed by atoms with E-state index in [2.05, 4.69) is 31.0 Å². The lowest BCUT2D eigenvalue weighted by Gasteiger charge is -2.11. The van der Waals surface area contributed by atoms with Crippen molar-refractivity contribution in [3.8, 4) is 5.69 Å². The monoisotopic (exact) mass is 329 g/mol. The Morgan fingerprint density at radius 3 is 2.61 bits per heavy atom. The van der Waals surface area contributed by atoms with Crippen LogP contribution in [0, 0.1) is 0 Å². The molecule has 0 aromatic carbocycles. The van der Waals surface area contributed by atoms with Gasteiger partial charge in [0, 0.05) is 14.0 Å². The van der Waals surface area contributed by atoms with E-state index in [1.54, 1.807) is 30.3 Å². The molecule has 0 aliphatic carbocycles. The first-order chi connectivity index (χ1) is 8.49. The van der Waals surface area contributed by atoms with Gasteiger partial charge in [0.1, 0.15) is 5.69 Å². The first-order valence-electron chi connectivity index (χ1n) is 4.96. The summed E-state index contributed by atoms with van der Waals surface area (Å²) in [7, 11) is 1.67. The smallest absolute Gasteiger partial charge is 0.223 e. The van der Waals surface area contributed by atoms with E-state index < -0.39 is 0 Å². The summed E-state index contributed by atoms with van der Waals surface area (Å²) in [4.78, 5) is 20.5. The third-order valence-electron chi connectivity index (χ3n) is 2.36. The standard InChI is InChI=1S/C10H9BrClN5O/c1-6(18)16(2)8-5-17(15-9(8)11)7-3-13-10(12)14-4-7/h3-5H,1-2H3. The predicted octanol–water partition coefficient (Wildman–Crippen LogP) is 2.06. The van der Waals surface area contributed by atoms with Gasteiger partial charge in [-0.2, -0.15) is 5.10 Å². The number of nitrogens with zero attached hydrogens (tertiary/aromatic N) is 5. The average Bonchev–Trinajstić information content (AvgIpc) is 2.71. The molecule has 0 atom stereocenters. The highest BCUT2D eigenvalue weighted by Crippen LogP contribution is 2.25. The Bertz CT molecular complexity index is 582. The Balaban J connectivity index is 2.40. The van der Waals surface area contributed by atoms with Crippen LogP contribution in [-0.2, 0) is 4.79 Å². The molecule has 0 unspecified atom stereocenters. The molecule has 94 valence electrons. The fourth-order valence-electron chi connectivity index (χ4n) is 1.29. The molecule has 0 radical (unpaired) electrons. The van der Waals surface area contributed by atoms with E-state index in [4.69, 9.17) is 11.6 Å². The van der Waals surface area contributed by atoms with E-state index in [9.17, 15) is 4.79 Å². The van der Waals surface area contributed by atoms with Crippen molar-refractivity contribution in [3.05, 3.63) is 28.5 Å². The number of carbonyl (C=O) groups excluding carboxylic acids is 1. The molecule has 0 aliphatic heterocycles. The van der Waals surface area contributed by atoms with Crippen LogP contribution in [0.5, 0.6) is 0 Å². The van der Waals surface area contributed by atoms with Gasteiger partial charge in [-0.05, 0) is 27.5 Å². The van der Waals surface area contributed by atoms with Crippen LogP contribution in [0.2, 0.25) is 5.28 Å². The first kappa shape index (κ1) is 13.0. The summed E-state index contributed by atoms with van der Waals surface area (Å²) >= 11 is 8.92. The van der Waals surface area contributed by atoms with Crippen molar-refractivity contribution in [2.45, 2.75) is 6.92 Å².